The van der Waals surface area contributed by atoms with Crippen molar-refractivity contribution in [2.24, 2.45) is 5.92 Å². The fourth-order valence-electron chi connectivity index (χ4n) is 2.31. The predicted molar refractivity (Wildman–Crippen MR) is 82.6 cm³/mol. The Hall–Kier alpha value is -1.12. The van der Waals surface area contributed by atoms with Crippen LogP contribution in [0.2, 0.25) is 0 Å². The first-order chi connectivity index (χ1) is 9.61. The number of carbonyl (C=O) groups is 2. The van der Waals surface area contributed by atoms with Gasteiger partial charge in [0, 0.05) is 12.3 Å². The Morgan fingerprint density at radius 2 is 1.75 bits per heavy atom. The van der Waals surface area contributed by atoms with Crippen molar-refractivity contribution in [2.75, 3.05) is 6.61 Å². The molecule has 0 aliphatic rings. The van der Waals surface area contributed by atoms with Crippen LogP contribution in [0.5, 0.6) is 0 Å². The number of carbonyl (C=O) groups excluding carboxylic acids is 2. The van der Waals surface area contributed by atoms with E-state index in [2.05, 4.69) is 6.58 Å². The van der Waals surface area contributed by atoms with Gasteiger partial charge in [0.2, 0.25) is 0 Å². The third-order valence-corrected chi connectivity index (χ3v) is 3.52. The molecule has 0 spiro atoms. The average molecular weight is 282 g/mol. The van der Waals surface area contributed by atoms with Gasteiger partial charge >= 0.3 is 5.97 Å². The molecule has 0 rings (SSSR count). The molecule has 0 aromatic rings. The van der Waals surface area contributed by atoms with Crippen LogP contribution in [-0.2, 0) is 14.3 Å². The summed E-state index contributed by atoms with van der Waals surface area (Å²) in [6.07, 6.45) is 10.5. The summed E-state index contributed by atoms with van der Waals surface area (Å²) in [5, 5.41) is 0. The number of esters is 1. The van der Waals surface area contributed by atoms with Crippen molar-refractivity contribution in [2.45, 2.75) is 71.6 Å². The molecule has 0 aliphatic heterocycles. The van der Waals surface area contributed by atoms with E-state index in [9.17, 15) is 9.59 Å². The van der Waals surface area contributed by atoms with Crippen molar-refractivity contribution in [3.8, 4) is 0 Å². The molecule has 116 valence electrons. The zero-order valence-electron chi connectivity index (χ0n) is 13.2. The molecule has 0 bridgehead atoms. The lowest BCUT2D eigenvalue weighted by atomic mass is 9.92. The molecular weight excluding hydrogens is 252 g/mol. The minimum Gasteiger partial charge on any atom is -0.466 e. The second-order valence-electron chi connectivity index (χ2n) is 5.29. The predicted octanol–water partition coefficient (Wildman–Crippen LogP) is 4.45. The molecular formula is C17H30O3. The lowest BCUT2D eigenvalue weighted by Gasteiger charge is -2.12. The molecule has 0 radical (unpaired) electrons. The summed E-state index contributed by atoms with van der Waals surface area (Å²) in [6.45, 7) is 7.68. The molecule has 0 saturated heterocycles. The summed E-state index contributed by atoms with van der Waals surface area (Å²) in [4.78, 5) is 22.7. The first-order valence-electron chi connectivity index (χ1n) is 7.88. The summed E-state index contributed by atoms with van der Waals surface area (Å²) in [5.74, 6) is 0.416. The highest BCUT2D eigenvalue weighted by molar-refractivity contribution is 5.78. The summed E-state index contributed by atoms with van der Waals surface area (Å²) in [5.41, 5.74) is 0. The second-order valence-corrected chi connectivity index (χ2v) is 5.29. The largest absolute Gasteiger partial charge is 0.466 e. The van der Waals surface area contributed by atoms with Gasteiger partial charge < -0.3 is 4.74 Å². The van der Waals surface area contributed by atoms with Gasteiger partial charge in [-0.15, -0.1) is 6.58 Å². The molecule has 0 heterocycles. The number of allylic oxidation sites excluding steroid dienone is 1. The maximum absolute atomic E-state index is 11.5. The van der Waals surface area contributed by atoms with Crippen LogP contribution < -0.4 is 0 Å². The third-order valence-electron chi connectivity index (χ3n) is 3.52. The summed E-state index contributed by atoms with van der Waals surface area (Å²) in [6, 6.07) is 0. The molecule has 3 heteroatoms. The Kier molecular flexibility index (Phi) is 12.2. The highest BCUT2D eigenvalue weighted by Crippen LogP contribution is 2.18. The monoisotopic (exact) mass is 282 g/mol. The van der Waals surface area contributed by atoms with Crippen molar-refractivity contribution in [3.05, 3.63) is 12.7 Å². The van der Waals surface area contributed by atoms with E-state index in [4.69, 9.17) is 4.74 Å². The Morgan fingerprint density at radius 1 is 1.10 bits per heavy atom. The summed E-state index contributed by atoms with van der Waals surface area (Å²) >= 11 is 0. The van der Waals surface area contributed by atoms with Crippen molar-refractivity contribution in [3.63, 3.8) is 0 Å². The Morgan fingerprint density at radius 3 is 2.35 bits per heavy atom. The van der Waals surface area contributed by atoms with Gasteiger partial charge in [0.1, 0.15) is 5.78 Å². The average Bonchev–Trinajstić information content (AvgIpc) is 2.40. The van der Waals surface area contributed by atoms with Gasteiger partial charge in [-0.3, -0.25) is 9.59 Å². The Labute approximate surface area is 123 Å². The van der Waals surface area contributed by atoms with Crippen molar-refractivity contribution >= 4 is 11.8 Å². The second kappa shape index (κ2) is 12.9. The smallest absolute Gasteiger partial charge is 0.305 e. The van der Waals surface area contributed by atoms with Crippen LogP contribution >= 0.6 is 0 Å². The molecule has 0 aliphatic carbocycles. The van der Waals surface area contributed by atoms with Crippen LogP contribution in [0, 0.1) is 5.92 Å². The van der Waals surface area contributed by atoms with Gasteiger partial charge in [-0.05, 0) is 46.0 Å². The molecule has 0 N–H and O–H groups in total. The number of unbranched alkanes of at least 4 members (excludes halogenated alkanes) is 4. The standard InChI is InChI=1S/C17H30O3/c1-4-6-9-12-16(15(3)18)13-10-7-8-11-14-17(19)20-5-2/h4,16H,1,5-14H2,2-3H3/t16-/m0/s1. The fraction of sp³-hybridized carbons (Fsp3) is 0.765. The van der Waals surface area contributed by atoms with Crippen molar-refractivity contribution < 1.29 is 14.3 Å². The highest BCUT2D eigenvalue weighted by Gasteiger charge is 2.12. The molecule has 20 heavy (non-hydrogen) atoms. The maximum atomic E-state index is 11.5. The first kappa shape index (κ1) is 18.9. The van der Waals surface area contributed by atoms with E-state index >= 15 is 0 Å². The van der Waals surface area contributed by atoms with Gasteiger partial charge in [-0.25, -0.2) is 0 Å². The molecule has 0 saturated carbocycles. The summed E-state index contributed by atoms with van der Waals surface area (Å²) < 4.78 is 4.88. The minimum absolute atomic E-state index is 0.0986. The topological polar surface area (TPSA) is 43.4 Å². The molecule has 0 amide bonds. The van der Waals surface area contributed by atoms with Gasteiger partial charge in [0.05, 0.1) is 6.61 Å². The van der Waals surface area contributed by atoms with E-state index in [-0.39, 0.29) is 11.9 Å². The zero-order chi connectivity index (χ0) is 15.2. The Bertz CT molecular complexity index is 284. The number of rotatable bonds is 13. The van der Waals surface area contributed by atoms with Crippen LogP contribution in [0.3, 0.4) is 0 Å². The number of ketones is 1. The van der Waals surface area contributed by atoms with Crippen LogP contribution in [0.25, 0.3) is 0 Å². The van der Waals surface area contributed by atoms with E-state index in [1.165, 1.54) is 0 Å². The number of Topliss-reactive ketones (excluding diaryl/α,β-unsaturated/α-hetero) is 1. The normalized spacial score (nSPS) is 11.9. The Balaban J connectivity index is 3.60. The summed E-state index contributed by atoms with van der Waals surface area (Å²) in [7, 11) is 0. The number of hydrogen-bond acceptors (Lipinski definition) is 3. The highest BCUT2D eigenvalue weighted by atomic mass is 16.5. The number of ether oxygens (including phenoxy) is 1. The fourth-order valence-corrected chi connectivity index (χ4v) is 2.31. The van der Waals surface area contributed by atoms with E-state index in [0.29, 0.717) is 18.8 Å². The van der Waals surface area contributed by atoms with Crippen LogP contribution in [0.4, 0.5) is 0 Å². The van der Waals surface area contributed by atoms with E-state index in [1.54, 1.807) is 6.92 Å². The third kappa shape index (κ3) is 10.8. The van der Waals surface area contributed by atoms with Crippen LogP contribution in [0.1, 0.15) is 71.6 Å². The number of hydrogen-bond donors (Lipinski definition) is 0. The SMILES string of the molecule is C=CCCC[C@@H](CCCCCCC(=O)OCC)C(C)=O. The maximum Gasteiger partial charge on any atom is 0.305 e. The quantitative estimate of drug-likeness (QED) is 0.285. The molecule has 0 aromatic heterocycles. The van der Waals surface area contributed by atoms with Crippen molar-refractivity contribution in [1.29, 1.82) is 0 Å². The van der Waals surface area contributed by atoms with Gasteiger partial charge in [0.25, 0.3) is 0 Å². The zero-order valence-corrected chi connectivity index (χ0v) is 13.2. The van der Waals surface area contributed by atoms with E-state index < -0.39 is 0 Å². The van der Waals surface area contributed by atoms with Gasteiger partial charge in [0.15, 0.2) is 0 Å². The first-order valence-corrected chi connectivity index (χ1v) is 7.88. The van der Waals surface area contributed by atoms with Crippen molar-refractivity contribution in [1.82, 2.24) is 0 Å². The molecule has 0 unspecified atom stereocenters. The van der Waals surface area contributed by atoms with Gasteiger partial charge in [-0.2, -0.15) is 0 Å². The minimum atomic E-state index is -0.0986. The molecule has 0 aromatic carbocycles. The molecule has 0 fully saturated rings. The molecule has 1 atom stereocenters. The lowest BCUT2D eigenvalue weighted by molar-refractivity contribution is -0.143. The van der Waals surface area contributed by atoms with E-state index in [1.807, 2.05) is 13.0 Å². The van der Waals surface area contributed by atoms with Crippen LogP contribution in [0.15, 0.2) is 12.7 Å². The van der Waals surface area contributed by atoms with Gasteiger partial charge in [-0.1, -0.05) is 25.3 Å². The van der Waals surface area contributed by atoms with E-state index in [0.717, 1.165) is 51.4 Å². The lowest BCUT2D eigenvalue weighted by Crippen LogP contribution is -2.10. The van der Waals surface area contributed by atoms with Crippen LogP contribution in [-0.4, -0.2) is 18.4 Å². The molecule has 3 nitrogen and oxygen atoms in total.